The lowest BCUT2D eigenvalue weighted by Crippen LogP contribution is -2.10. The Kier molecular flexibility index (Phi) is 3.73. The zero-order chi connectivity index (χ0) is 9.84. The highest BCUT2D eigenvalue weighted by molar-refractivity contribution is 9.10. The van der Waals surface area contributed by atoms with Crippen LogP contribution in [-0.2, 0) is 0 Å². The highest BCUT2D eigenvalue weighted by Gasteiger charge is 2.12. The van der Waals surface area contributed by atoms with E-state index in [1.807, 2.05) is 18.2 Å². The van der Waals surface area contributed by atoms with E-state index in [0.29, 0.717) is 5.02 Å². The molecule has 0 bridgehead atoms. The van der Waals surface area contributed by atoms with Crippen molar-refractivity contribution in [2.45, 2.75) is 12.5 Å². The molecule has 4 heteroatoms. The second-order valence-electron chi connectivity index (χ2n) is 2.60. The standard InChI is InChI=1S/C9H8BrClN2/c10-6-2-1-3-7(11)9(6)8(13)4-5-12/h1-3,8H,4,13H2. The smallest absolute Gasteiger partial charge is 0.0641 e. The quantitative estimate of drug-likeness (QED) is 0.887. The van der Waals surface area contributed by atoms with Gasteiger partial charge in [-0.3, -0.25) is 0 Å². The minimum Gasteiger partial charge on any atom is -0.323 e. The van der Waals surface area contributed by atoms with Crippen molar-refractivity contribution in [1.29, 1.82) is 5.26 Å². The van der Waals surface area contributed by atoms with Gasteiger partial charge in [-0.25, -0.2) is 0 Å². The van der Waals surface area contributed by atoms with Gasteiger partial charge in [0, 0.05) is 21.1 Å². The number of rotatable bonds is 2. The van der Waals surface area contributed by atoms with E-state index in [9.17, 15) is 0 Å². The Hall–Kier alpha value is -0.560. The van der Waals surface area contributed by atoms with E-state index in [1.165, 1.54) is 0 Å². The third-order valence-corrected chi connectivity index (χ3v) is 2.70. The fourth-order valence-corrected chi connectivity index (χ4v) is 2.15. The zero-order valence-corrected chi connectivity index (χ0v) is 9.14. The van der Waals surface area contributed by atoms with Crippen molar-refractivity contribution in [2.75, 3.05) is 0 Å². The van der Waals surface area contributed by atoms with Gasteiger partial charge in [0.15, 0.2) is 0 Å². The Morgan fingerprint density at radius 2 is 2.31 bits per heavy atom. The fourth-order valence-electron chi connectivity index (χ4n) is 1.07. The number of nitrogens with zero attached hydrogens (tertiary/aromatic N) is 1. The van der Waals surface area contributed by atoms with E-state index in [4.69, 9.17) is 22.6 Å². The third kappa shape index (κ3) is 2.44. The molecule has 0 heterocycles. The summed E-state index contributed by atoms with van der Waals surface area (Å²) < 4.78 is 0.850. The van der Waals surface area contributed by atoms with Crippen LogP contribution in [0.2, 0.25) is 5.02 Å². The van der Waals surface area contributed by atoms with E-state index in [1.54, 1.807) is 6.07 Å². The maximum atomic E-state index is 8.49. The van der Waals surface area contributed by atoms with Crippen LogP contribution in [0.15, 0.2) is 22.7 Å². The molecule has 0 radical (unpaired) electrons. The van der Waals surface area contributed by atoms with Gasteiger partial charge in [-0.2, -0.15) is 5.26 Å². The molecule has 0 saturated carbocycles. The highest BCUT2D eigenvalue weighted by atomic mass is 79.9. The highest BCUT2D eigenvalue weighted by Crippen LogP contribution is 2.30. The first kappa shape index (κ1) is 10.5. The SMILES string of the molecule is N#CCC(N)c1c(Cl)cccc1Br. The van der Waals surface area contributed by atoms with E-state index in [-0.39, 0.29) is 12.5 Å². The average molecular weight is 260 g/mol. The summed E-state index contributed by atoms with van der Waals surface area (Å²) in [6.07, 6.45) is 0.266. The lowest BCUT2D eigenvalue weighted by Gasteiger charge is -2.11. The maximum Gasteiger partial charge on any atom is 0.0641 e. The number of hydrogen-bond donors (Lipinski definition) is 1. The predicted molar refractivity (Wildman–Crippen MR) is 56.3 cm³/mol. The normalized spacial score (nSPS) is 12.2. The first-order valence-corrected chi connectivity index (χ1v) is 4.90. The summed E-state index contributed by atoms with van der Waals surface area (Å²) in [7, 11) is 0. The fraction of sp³-hybridized carbons (Fsp3) is 0.222. The molecule has 1 aromatic carbocycles. The van der Waals surface area contributed by atoms with Crippen molar-refractivity contribution < 1.29 is 0 Å². The molecule has 2 N–H and O–H groups in total. The topological polar surface area (TPSA) is 49.8 Å². The minimum absolute atomic E-state index is 0.266. The van der Waals surface area contributed by atoms with Crippen molar-refractivity contribution in [2.24, 2.45) is 5.73 Å². The van der Waals surface area contributed by atoms with Crippen LogP contribution in [0.3, 0.4) is 0 Å². The average Bonchev–Trinajstić information content (AvgIpc) is 2.04. The molecule has 13 heavy (non-hydrogen) atoms. The van der Waals surface area contributed by atoms with E-state index < -0.39 is 0 Å². The van der Waals surface area contributed by atoms with Crippen LogP contribution in [0.1, 0.15) is 18.0 Å². The molecule has 68 valence electrons. The molecule has 1 aromatic rings. The Morgan fingerprint density at radius 3 is 2.85 bits per heavy atom. The van der Waals surface area contributed by atoms with Gasteiger partial charge >= 0.3 is 0 Å². The summed E-state index contributed by atoms with van der Waals surface area (Å²) in [5.74, 6) is 0. The summed E-state index contributed by atoms with van der Waals surface area (Å²) in [5, 5.41) is 9.09. The van der Waals surface area contributed by atoms with Crippen molar-refractivity contribution in [3.8, 4) is 6.07 Å². The van der Waals surface area contributed by atoms with Gasteiger partial charge in [0.05, 0.1) is 12.5 Å². The first-order chi connectivity index (χ1) is 6.16. The Balaban J connectivity index is 3.06. The van der Waals surface area contributed by atoms with Crippen LogP contribution < -0.4 is 5.73 Å². The van der Waals surface area contributed by atoms with Gasteiger partial charge in [0.25, 0.3) is 0 Å². The second-order valence-corrected chi connectivity index (χ2v) is 3.87. The summed E-state index contributed by atoms with van der Waals surface area (Å²) in [4.78, 5) is 0. The monoisotopic (exact) mass is 258 g/mol. The number of nitrogens with two attached hydrogens (primary N) is 1. The van der Waals surface area contributed by atoms with Crippen molar-refractivity contribution in [3.63, 3.8) is 0 Å². The van der Waals surface area contributed by atoms with Crippen LogP contribution >= 0.6 is 27.5 Å². The molecule has 0 aromatic heterocycles. The number of benzene rings is 1. The van der Waals surface area contributed by atoms with E-state index in [0.717, 1.165) is 10.0 Å². The van der Waals surface area contributed by atoms with Crippen LogP contribution in [0.4, 0.5) is 0 Å². The molecule has 0 aliphatic heterocycles. The second kappa shape index (κ2) is 4.61. The van der Waals surface area contributed by atoms with Crippen LogP contribution in [0, 0.1) is 11.3 Å². The molecule has 0 saturated heterocycles. The van der Waals surface area contributed by atoms with Gasteiger partial charge in [-0.05, 0) is 12.1 Å². The third-order valence-electron chi connectivity index (χ3n) is 1.68. The minimum atomic E-state index is -0.326. The molecule has 0 fully saturated rings. The number of nitriles is 1. The van der Waals surface area contributed by atoms with Crippen LogP contribution in [0.25, 0.3) is 0 Å². The summed E-state index contributed by atoms with van der Waals surface area (Å²) in [6.45, 7) is 0. The van der Waals surface area contributed by atoms with Crippen LogP contribution in [0.5, 0.6) is 0 Å². The van der Waals surface area contributed by atoms with Crippen molar-refractivity contribution in [3.05, 3.63) is 33.3 Å². The lowest BCUT2D eigenvalue weighted by atomic mass is 10.1. The lowest BCUT2D eigenvalue weighted by molar-refractivity contribution is 0.745. The van der Waals surface area contributed by atoms with Crippen LogP contribution in [-0.4, -0.2) is 0 Å². The van der Waals surface area contributed by atoms with E-state index >= 15 is 0 Å². The summed E-state index contributed by atoms with van der Waals surface area (Å²) in [6, 6.07) is 7.14. The summed E-state index contributed by atoms with van der Waals surface area (Å²) in [5.41, 5.74) is 6.57. The predicted octanol–water partition coefficient (Wildman–Crippen LogP) is 3.02. The summed E-state index contributed by atoms with van der Waals surface area (Å²) >= 11 is 9.28. The van der Waals surface area contributed by atoms with E-state index in [2.05, 4.69) is 15.9 Å². The van der Waals surface area contributed by atoms with Crippen molar-refractivity contribution >= 4 is 27.5 Å². The molecule has 2 nitrogen and oxygen atoms in total. The number of hydrogen-bond acceptors (Lipinski definition) is 2. The molecule has 1 atom stereocenters. The first-order valence-electron chi connectivity index (χ1n) is 3.73. The molecule has 0 aliphatic rings. The Morgan fingerprint density at radius 1 is 1.62 bits per heavy atom. The molecular weight excluding hydrogens is 251 g/mol. The molecular formula is C9H8BrClN2. The molecule has 0 spiro atoms. The van der Waals surface area contributed by atoms with Gasteiger partial charge in [0.1, 0.15) is 0 Å². The maximum absolute atomic E-state index is 8.49. The Labute approximate surface area is 90.4 Å². The molecule has 1 rings (SSSR count). The van der Waals surface area contributed by atoms with Gasteiger partial charge in [-0.1, -0.05) is 33.6 Å². The number of halogens is 2. The van der Waals surface area contributed by atoms with Gasteiger partial charge in [0.2, 0.25) is 0 Å². The van der Waals surface area contributed by atoms with Gasteiger partial charge < -0.3 is 5.73 Å². The Bertz CT molecular complexity index is 326. The molecule has 0 amide bonds. The molecule has 0 aliphatic carbocycles. The van der Waals surface area contributed by atoms with Crippen molar-refractivity contribution in [1.82, 2.24) is 0 Å². The zero-order valence-electron chi connectivity index (χ0n) is 6.80. The molecule has 1 unspecified atom stereocenters. The largest absolute Gasteiger partial charge is 0.323 e. The van der Waals surface area contributed by atoms with Gasteiger partial charge in [-0.15, -0.1) is 0 Å².